The van der Waals surface area contributed by atoms with Gasteiger partial charge in [-0.25, -0.2) is 4.90 Å². The van der Waals surface area contributed by atoms with Gasteiger partial charge in [0.25, 0.3) is 11.8 Å². The number of piperazine rings is 1. The molecular formula is C22H21Cl2N3O2. The van der Waals surface area contributed by atoms with Crippen LogP contribution in [0.25, 0.3) is 5.57 Å². The summed E-state index contributed by atoms with van der Waals surface area (Å²) < 4.78 is 0. The Bertz CT molecular complexity index is 1010. The molecule has 2 aromatic rings. The number of carbonyl (C=O) groups excluding carboxylic acids is 2. The zero-order chi connectivity index (χ0) is 20.7. The van der Waals surface area contributed by atoms with E-state index in [0.29, 0.717) is 45.7 Å². The Hall–Kier alpha value is -2.34. The Morgan fingerprint density at radius 1 is 0.828 bits per heavy atom. The number of imide groups is 1. The van der Waals surface area contributed by atoms with Crippen LogP contribution in [0.4, 0.5) is 5.69 Å². The first-order chi connectivity index (χ1) is 13.9. The average Bonchev–Trinajstić information content (AvgIpc) is 2.94. The molecule has 0 bridgehead atoms. The third kappa shape index (κ3) is 3.66. The summed E-state index contributed by atoms with van der Waals surface area (Å²) in [4.78, 5) is 32.5. The normalized spacial score (nSPS) is 18.2. The van der Waals surface area contributed by atoms with Crippen LogP contribution in [-0.2, 0) is 9.59 Å². The van der Waals surface area contributed by atoms with Crippen molar-refractivity contribution in [2.24, 2.45) is 0 Å². The van der Waals surface area contributed by atoms with E-state index in [1.807, 2.05) is 11.8 Å². The monoisotopic (exact) mass is 429 g/mol. The van der Waals surface area contributed by atoms with Crippen molar-refractivity contribution in [2.45, 2.75) is 6.92 Å². The van der Waals surface area contributed by atoms with Gasteiger partial charge < -0.3 is 9.80 Å². The van der Waals surface area contributed by atoms with Gasteiger partial charge in [0.05, 0.1) is 11.3 Å². The lowest BCUT2D eigenvalue weighted by atomic mass is 10.0. The van der Waals surface area contributed by atoms with Crippen LogP contribution in [0.5, 0.6) is 0 Å². The number of carbonyl (C=O) groups is 2. The molecule has 2 aliphatic heterocycles. The summed E-state index contributed by atoms with van der Waals surface area (Å²) in [6, 6.07) is 12.2. The molecule has 7 heteroatoms. The highest BCUT2D eigenvalue weighted by atomic mass is 35.5. The van der Waals surface area contributed by atoms with Crippen molar-refractivity contribution in [1.29, 1.82) is 0 Å². The average molecular weight is 430 g/mol. The molecule has 0 aromatic heterocycles. The highest BCUT2D eigenvalue weighted by molar-refractivity contribution is 6.45. The van der Waals surface area contributed by atoms with Crippen molar-refractivity contribution >= 4 is 46.3 Å². The number of nitrogens with zero attached hydrogens (tertiary/aromatic N) is 3. The number of halogens is 2. The number of benzene rings is 2. The van der Waals surface area contributed by atoms with Crippen molar-refractivity contribution < 1.29 is 9.59 Å². The number of aryl methyl sites for hydroxylation is 1. The molecule has 1 saturated heterocycles. The second kappa shape index (κ2) is 7.82. The van der Waals surface area contributed by atoms with E-state index in [9.17, 15) is 9.59 Å². The van der Waals surface area contributed by atoms with Crippen LogP contribution in [-0.4, -0.2) is 54.8 Å². The summed E-state index contributed by atoms with van der Waals surface area (Å²) >= 11 is 12.1. The number of hydrogen-bond donors (Lipinski definition) is 0. The number of likely N-dealkylation sites (N-methyl/N-ethyl adjacent to an activating group) is 1. The fourth-order valence-electron chi connectivity index (χ4n) is 3.81. The van der Waals surface area contributed by atoms with Gasteiger partial charge in [0.2, 0.25) is 0 Å². The maximum Gasteiger partial charge on any atom is 0.282 e. The first-order valence-corrected chi connectivity index (χ1v) is 10.2. The molecule has 0 radical (unpaired) electrons. The SMILES string of the molecule is Cc1cc(Cl)ccc1N1C(=O)C(c2ccc(Cl)cc2)=C(N2CCN(C)CC2)C1=O. The molecule has 0 spiro atoms. The molecule has 2 amide bonds. The topological polar surface area (TPSA) is 43.9 Å². The first kappa shape index (κ1) is 20.0. The minimum atomic E-state index is -0.323. The standard InChI is InChI=1S/C22H21Cl2N3O2/c1-14-13-17(24)7-8-18(14)27-21(28)19(15-3-5-16(23)6-4-15)20(22(27)29)26-11-9-25(2)10-12-26/h3-8,13H,9-12H2,1-2H3. The molecule has 29 heavy (non-hydrogen) atoms. The van der Waals surface area contributed by atoms with E-state index in [4.69, 9.17) is 23.2 Å². The van der Waals surface area contributed by atoms with Gasteiger partial charge in [0.15, 0.2) is 0 Å². The zero-order valence-corrected chi connectivity index (χ0v) is 17.8. The molecule has 2 heterocycles. The Morgan fingerprint density at radius 3 is 2.07 bits per heavy atom. The molecule has 0 N–H and O–H groups in total. The summed E-state index contributed by atoms with van der Waals surface area (Å²) in [5.41, 5.74) is 2.90. The summed E-state index contributed by atoms with van der Waals surface area (Å²) in [6.45, 7) is 4.89. The molecule has 0 saturated carbocycles. The van der Waals surface area contributed by atoms with Crippen molar-refractivity contribution in [3.05, 3.63) is 69.3 Å². The Labute approximate surface area is 180 Å². The van der Waals surface area contributed by atoms with E-state index in [1.54, 1.807) is 42.5 Å². The van der Waals surface area contributed by atoms with Crippen LogP contribution in [0.1, 0.15) is 11.1 Å². The molecule has 5 nitrogen and oxygen atoms in total. The quantitative estimate of drug-likeness (QED) is 0.695. The molecule has 0 atom stereocenters. The van der Waals surface area contributed by atoms with Gasteiger partial charge in [-0.15, -0.1) is 0 Å². The van der Waals surface area contributed by atoms with Crippen LogP contribution >= 0.6 is 23.2 Å². The Kier molecular flexibility index (Phi) is 5.38. The van der Waals surface area contributed by atoms with Crippen molar-refractivity contribution in [3.8, 4) is 0 Å². The van der Waals surface area contributed by atoms with Gasteiger partial charge in [0.1, 0.15) is 5.70 Å². The van der Waals surface area contributed by atoms with Gasteiger partial charge in [-0.3, -0.25) is 9.59 Å². The van der Waals surface area contributed by atoms with Gasteiger partial charge in [-0.2, -0.15) is 0 Å². The largest absolute Gasteiger partial charge is 0.364 e. The maximum absolute atomic E-state index is 13.5. The fourth-order valence-corrected chi connectivity index (χ4v) is 4.16. The Morgan fingerprint density at radius 2 is 1.45 bits per heavy atom. The lowest BCUT2D eigenvalue weighted by molar-refractivity contribution is -0.120. The van der Waals surface area contributed by atoms with Crippen LogP contribution < -0.4 is 4.90 Å². The summed E-state index contributed by atoms with van der Waals surface area (Å²) in [5.74, 6) is -0.619. The van der Waals surface area contributed by atoms with Crippen molar-refractivity contribution in [3.63, 3.8) is 0 Å². The van der Waals surface area contributed by atoms with Crippen molar-refractivity contribution in [2.75, 3.05) is 38.1 Å². The maximum atomic E-state index is 13.5. The molecular weight excluding hydrogens is 409 g/mol. The predicted octanol–water partition coefficient (Wildman–Crippen LogP) is 3.83. The van der Waals surface area contributed by atoms with Crippen LogP contribution in [0.3, 0.4) is 0 Å². The highest BCUT2D eigenvalue weighted by Gasteiger charge is 2.43. The van der Waals surface area contributed by atoms with E-state index in [0.717, 1.165) is 18.7 Å². The van der Waals surface area contributed by atoms with Crippen LogP contribution in [0, 0.1) is 6.92 Å². The summed E-state index contributed by atoms with van der Waals surface area (Å²) in [7, 11) is 2.05. The van der Waals surface area contributed by atoms with E-state index < -0.39 is 0 Å². The van der Waals surface area contributed by atoms with Gasteiger partial charge in [-0.1, -0.05) is 35.3 Å². The van der Waals surface area contributed by atoms with Crippen LogP contribution in [0.2, 0.25) is 10.0 Å². The number of hydrogen-bond acceptors (Lipinski definition) is 4. The molecule has 2 aromatic carbocycles. The molecule has 150 valence electrons. The first-order valence-electron chi connectivity index (χ1n) is 9.45. The number of rotatable bonds is 3. The van der Waals surface area contributed by atoms with E-state index >= 15 is 0 Å². The summed E-state index contributed by atoms with van der Waals surface area (Å²) in [6.07, 6.45) is 0. The highest BCUT2D eigenvalue weighted by Crippen LogP contribution is 2.37. The second-order valence-corrected chi connectivity index (χ2v) is 8.27. The van der Waals surface area contributed by atoms with Gasteiger partial charge >= 0.3 is 0 Å². The minimum absolute atomic E-state index is 0.296. The third-order valence-corrected chi connectivity index (χ3v) is 5.90. The number of anilines is 1. The third-order valence-electron chi connectivity index (χ3n) is 5.41. The zero-order valence-electron chi connectivity index (χ0n) is 16.3. The van der Waals surface area contributed by atoms with E-state index in [2.05, 4.69) is 11.9 Å². The van der Waals surface area contributed by atoms with Crippen LogP contribution in [0.15, 0.2) is 48.2 Å². The van der Waals surface area contributed by atoms with Gasteiger partial charge in [0, 0.05) is 36.2 Å². The van der Waals surface area contributed by atoms with Gasteiger partial charge in [-0.05, 0) is 55.4 Å². The second-order valence-electron chi connectivity index (χ2n) is 7.40. The van der Waals surface area contributed by atoms with E-state index in [1.165, 1.54) is 4.90 Å². The van der Waals surface area contributed by atoms with Crippen molar-refractivity contribution in [1.82, 2.24) is 9.80 Å². The lowest BCUT2D eigenvalue weighted by Crippen LogP contribution is -2.46. The lowest BCUT2D eigenvalue weighted by Gasteiger charge is -2.34. The number of amides is 2. The minimum Gasteiger partial charge on any atom is -0.364 e. The molecule has 0 aliphatic carbocycles. The molecule has 2 aliphatic rings. The van der Waals surface area contributed by atoms with E-state index in [-0.39, 0.29) is 11.8 Å². The predicted molar refractivity (Wildman–Crippen MR) is 116 cm³/mol. The Balaban J connectivity index is 1.82. The fraction of sp³-hybridized carbons (Fsp3) is 0.273. The molecule has 1 fully saturated rings. The summed E-state index contributed by atoms with van der Waals surface area (Å²) in [5, 5.41) is 1.15. The molecule has 0 unspecified atom stereocenters. The smallest absolute Gasteiger partial charge is 0.282 e. The molecule has 4 rings (SSSR count).